The highest BCUT2D eigenvalue weighted by Crippen LogP contribution is 2.14. The lowest BCUT2D eigenvalue weighted by atomic mass is 10.1. The number of nitrogens with zero attached hydrogens (tertiary/aromatic N) is 1. The van der Waals surface area contributed by atoms with Gasteiger partial charge >= 0.3 is 0 Å². The van der Waals surface area contributed by atoms with Crippen LogP contribution in [0, 0.1) is 0 Å². The molecule has 0 amide bonds. The highest BCUT2D eigenvalue weighted by atomic mass is 79.9. The fourth-order valence-corrected chi connectivity index (χ4v) is 1.70. The Morgan fingerprint density at radius 2 is 2.00 bits per heavy atom. The Kier molecular flexibility index (Phi) is 3.74. The minimum Gasteiger partial charge on any atom is -0.448 e. The molecule has 84 valence electrons. The minimum atomic E-state index is 0.101. The van der Waals surface area contributed by atoms with Crippen LogP contribution in [-0.2, 0) is 12.8 Å². The number of benzene rings is 1. The zero-order valence-corrected chi connectivity index (χ0v) is 10.3. The molecule has 2 aromatic rings. The fraction of sp³-hybridized carbons (Fsp3) is 0.250. The van der Waals surface area contributed by atoms with E-state index < -0.39 is 0 Å². The summed E-state index contributed by atoms with van der Waals surface area (Å²) < 4.78 is 6.38. The van der Waals surface area contributed by atoms with Crippen molar-refractivity contribution in [3.63, 3.8) is 0 Å². The second-order valence-electron chi connectivity index (χ2n) is 3.51. The Hall–Kier alpha value is -1.13. The number of aromatic nitrogens is 1. The summed E-state index contributed by atoms with van der Waals surface area (Å²) in [6, 6.07) is 8.04. The molecule has 0 saturated heterocycles. The first-order valence-corrected chi connectivity index (χ1v) is 5.86. The van der Waals surface area contributed by atoms with Crippen molar-refractivity contribution < 1.29 is 9.52 Å². The van der Waals surface area contributed by atoms with Gasteiger partial charge in [-0.15, -0.1) is 0 Å². The molecule has 1 aromatic heterocycles. The van der Waals surface area contributed by atoms with Gasteiger partial charge in [0.2, 0.25) is 0 Å². The summed E-state index contributed by atoms with van der Waals surface area (Å²) in [6.07, 6.45) is 2.83. The maximum absolute atomic E-state index is 8.76. The Morgan fingerprint density at radius 1 is 1.25 bits per heavy atom. The fourth-order valence-electron chi connectivity index (χ4n) is 1.44. The lowest BCUT2D eigenvalue weighted by Gasteiger charge is -1.97. The van der Waals surface area contributed by atoms with Gasteiger partial charge in [-0.05, 0) is 17.7 Å². The van der Waals surface area contributed by atoms with E-state index in [0.717, 1.165) is 15.7 Å². The molecule has 1 N–H and O–H groups in total. The molecule has 0 bridgehead atoms. The summed E-state index contributed by atoms with van der Waals surface area (Å²) >= 11 is 3.39. The molecular formula is C12H12BrNO2. The monoisotopic (exact) mass is 281 g/mol. The van der Waals surface area contributed by atoms with E-state index in [-0.39, 0.29) is 6.61 Å². The van der Waals surface area contributed by atoms with Gasteiger partial charge in [-0.3, -0.25) is 0 Å². The van der Waals surface area contributed by atoms with Crippen molar-refractivity contribution in [1.82, 2.24) is 4.98 Å². The molecule has 0 aliphatic heterocycles. The topological polar surface area (TPSA) is 46.3 Å². The van der Waals surface area contributed by atoms with E-state index in [1.165, 1.54) is 0 Å². The van der Waals surface area contributed by atoms with E-state index in [4.69, 9.17) is 9.52 Å². The molecule has 3 nitrogen and oxygen atoms in total. The molecule has 0 aliphatic carbocycles. The normalized spacial score (nSPS) is 10.6. The van der Waals surface area contributed by atoms with Crippen molar-refractivity contribution in [2.24, 2.45) is 0 Å². The third kappa shape index (κ3) is 2.93. The lowest BCUT2D eigenvalue weighted by Crippen LogP contribution is -1.92. The van der Waals surface area contributed by atoms with Crippen LogP contribution in [0.2, 0.25) is 0 Å². The molecule has 4 heteroatoms. The van der Waals surface area contributed by atoms with Crippen LogP contribution in [0.4, 0.5) is 0 Å². The minimum absolute atomic E-state index is 0.101. The van der Waals surface area contributed by atoms with Gasteiger partial charge in [0.1, 0.15) is 6.26 Å². The van der Waals surface area contributed by atoms with Crippen molar-refractivity contribution in [3.05, 3.63) is 52.1 Å². The first-order chi connectivity index (χ1) is 7.78. The van der Waals surface area contributed by atoms with E-state index in [9.17, 15) is 0 Å². The van der Waals surface area contributed by atoms with Crippen LogP contribution >= 0.6 is 15.9 Å². The van der Waals surface area contributed by atoms with Gasteiger partial charge in [0, 0.05) is 23.9 Å². The molecule has 0 fully saturated rings. The van der Waals surface area contributed by atoms with Crippen LogP contribution in [-0.4, -0.2) is 16.7 Å². The van der Waals surface area contributed by atoms with Crippen molar-refractivity contribution >= 4 is 15.9 Å². The largest absolute Gasteiger partial charge is 0.448 e. The smallest absolute Gasteiger partial charge is 0.198 e. The summed E-state index contributed by atoms with van der Waals surface area (Å²) in [5.74, 6) is 0.686. The maximum atomic E-state index is 8.76. The van der Waals surface area contributed by atoms with Crippen LogP contribution in [0.5, 0.6) is 0 Å². The van der Waals surface area contributed by atoms with Gasteiger partial charge in [0.15, 0.2) is 5.89 Å². The van der Waals surface area contributed by atoms with Crippen LogP contribution in [0.3, 0.4) is 0 Å². The SMILES string of the molecule is OCCc1coc(Cc2ccc(Br)cc2)n1. The zero-order valence-electron chi connectivity index (χ0n) is 8.69. The predicted octanol–water partition coefficient (Wildman–Crippen LogP) is 2.56. The molecule has 0 atom stereocenters. The third-order valence-corrected chi connectivity index (χ3v) is 2.76. The van der Waals surface area contributed by atoms with Gasteiger partial charge in [-0.2, -0.15) is 0 Å². The first kappa shape index (κ1) is 11.4. The lowest BCUT2D eigenvalue weighted by molar-refractivity contribution is 0.298. The second-order valence-corrected chi connectivity index (χ2v) is 4.43. The number of oxazole rings is 1. The van der Waals surface area contributed by atoms with E-state index >= 15 is 0 Å². The van der Waals surface area contributed by atoms with E-state index in [1.54, 1.807) is 6.26 Å². The highest BCUT2D eigenvalue weighted by molar-refractivity contribution is 9.10. The Morgan fingerprint density at radius 3 is 2.69 bits per heavy atom. The Bertz CT molecular complexity index is 450. The van der Waals surface area contributed by atoms with Crippen LogP contribution < -0.4 is 0 Å². The molecule has 0 saturated carbocycles. The number of rotatable bonds is 4. The summed E-state index contributed by atoms with van der Waals surface area (Å²) in [6.45, 7) is 0.101. The average Bonchev–Trinajstić information content (AvgIpc) is 2.70. The molecular weight excluding hydrogens is 270 g/mol. The summed E-state index contributed by atoms with van der Waals surface area (Å²) in [5.41, 5.74) is 1.95. The number of aliphatic hydroxyl groups is 1. The second kappa shape index (κ2) is 5.27. The molecule has 0 aliphatic rings. The van der Waals surface area contributed by atoms with Gasteiger partial charge in [-0.25, -0.2) is 4.98 Å². The standard InChI is InChI=1S/C12H12BrNO2/c13-10-3-1-9(2-4-10)7-12-14-11(5-6-15)8-16-12/h1-4,8,15H,5-7H2. The molecule has 0 unspecified atom stereocenters. The Labute approximate surface area is 102 Å². The van der Waals surface area contributed by atoms with Crippen molar-refractivity contribution in [2.45, 2.75) is 12.8 Å². The summed E-state index contributed by atoms with van der Waals surface area (Å²) in [7, 11) is 0. The number of hydrogen-bond acceptors (Lipinski definition) is 3. The van der Waals surface area contributed by atoms with Gasteiger partial charge < -0.3 is 9.52 Å². The first-order valence-electron chi connectivity index (χ1n) is 5.06. The van der Waals surface area contributed by atoms with Crippen molar-refractivity contribution in [2.75, 3.05) is 6.61 Å². The van der Waals surface area contributed by atoms with E-state index in [2.05, 4.69) is 20.9 Å². The Balaban J connectivity index is 2.05. The average molecular weight is 282 g/mol. The summed E-state index contributed by atoms with van der Waals surface area (Å²) in [5, 5.41) is 8.76. The molecule has 1 aromatic carbocycles. The van der Waals surface area contributed by atoms with Crippen molar-refractivity contribution in [1.29, 1.82) is 0 Å². The van der Waals surface area contributed by atoms with Crippen LogP contribution in [0.15, 0.2) is 39.4 Å². The zero-order chi connectivity index (χ0) is 11.4. The van der Waals surface area contributed by atoms with Gasteiger partial charge in [-0.1, -0.05) is 28.1 Å². The van der Waals surface area contributed by atoms with Gasteiger partial charge in [0.25, 0.3) is 0 Å². The molecule has 1 heterocycles. The van der Waals surface area contributed by atoms with Gasteiger partial charge in [0.05, 0.1) is 5.69 Å². The highest BCUT2D eigenvalue weighted by Gasteiger charge is 2.04. The number of aliphatic hydroxyl groups excluding tert-OH is 1. The quantitative estimate of drug-likeness (QED) is 0.937. The molecule has 16 heavy (non-hydrogen) atoms. The molecule has 0 radical (unpaired) electrons. The van der Waals surface area contributed by atoms with Crippen LogP contribution in [0.1, 0.15) is 17.1 Å². The summed E-state index contributed by atoms with van der Waals surface area (Å²) in [4.78, 5) is 4.28. The number of hydrogen-bond donors (Lipinski definition) is 1. The van der Waals surface area contributed by atoms with E-state index in [0.29, 0.717) is 18.7 Å². The third-order valence-electron chi connectivity index (χ3n) is 2.24. The van der Waals surface area contributed by atoms with Crippen molar-refractivity contribution in [3.8, 4) is 0 Å². The maximum Gasteiger partial charge on any atom is 0.198 e. The van der Waals surface area contributed by atoms with Crippen LogP contribution in [0.25, 0.3) is 0 Å². The molecule has 0 spiro atoms. The number of halogens is 1. The van der Waals surface area contributed by atoms with E-state index in [1.807, 2.05) is 24.3 Å². The predicted molar refractivity (Wildman–Crippen MR) is 64.2 cm³/mol. The molecule has 2 rings (SSSR count).